The van der Waals surface area contributed by atoms with Gasteiger partial charge in [0.15, 0.2) is 0 Å². The summed E-state index contributed by atoms with van der Waals surface area (Å²) in [5.41, 5.74) is 4.25. The second kappa shape index (κ2) is 14.7. The highest BCUT2D eigenvalue weighted by atomic mass is 16.3. The van der Waals surface area contributed by atoms with E-state index in [-0.39, 0.29) is 24.3 Å². The first-order valence-electron chi connectivity index (χ1n) is 15.3. The van der Waals surface area contributed by atoms with Gasteiger partial charge in [-0.1, -0.05) is 36.4 Å². The Morgan fingerprint density at radius 3 is 2.55 bits per heavy atom. The molecule has 1 saturated carbocycles. The van der Waals surface area contributed by atoms with Crippen molar-refractivity contribution in [2.45, 2.75) is 51.0 Å². The average Bonchev–Trinajstić information content (AvgIpc) is 3.50. The summed E-state index contributed by atoms with van der Waals surface area (Å²) in [5.74, 6) is 1.55. The van der Waals surface area contributed by atoms with E-state index in [1.54, 1.807) is 10.9 Å². The fourth-order valence-corrected chi connectivity index (χ4v) is 6.09. The van der Waals surface area contributed by atoms with E-state index in [0.29, 0.717) is 36.8 Å². The molecule has 228 valence electrons. The van der Waals surface area contributed by atoms with Crippen LogP contribution in [0.15, 0.2) is 67.3 Å². The van der Waals surface area contributed by atoms with Crippen molar-refractivity contribution in [2.24, 2.45) is 18.9 Å². The number of aromatic nitrogens is 5. The number of anilines is 1. The van der Waals surface area contributed by atoms with E-state index in [9.17, 15) is 15.2 Å². The van der Waals surface area contributed by atoms with E-state index in [1.165, 1.54) is 0 Å². The fraction of sp³-hybridized carbons (Fsp3) is 0.412. The molecule has 10 heteroatoms. The highest BCUT2D eigenvalue weighted by Gasteiger charge is 2.34. The summed E-state index contributed by atoms with van der Waals surface area (Å²) in [5, 5.41) is 26.2. The lowest BCUT2D eigenvalue weighted by atomic mass is 9.73. The summed E-state index contributed by atoms with van der Waals surface area (Å²) in [7, 11) is 3.77. The van der Waals surface area contributed by atoms with Crippen LogP contribution in [0.5, 0.6) is 0 Å². The Morgan fingerprint density at radius 1 is 1.09 bits per heavy atom. The second-order valence-electron chi connectivity index (χ2n) is 11.7. The van der Waals surface area contributed by atoms with Crippen molar-refractivity contribution in [1.29, 1.82) is 5.26 Å². The topological polar surface area (TPSA) is 133 Å². The molecule has 0 bridgehead atoms. The first-order chi connectivity index (χ1) is 21.4. The minimum absolute atomic E-state index is 0.00455. The zero-order valence-electron chi connectivity index (χ0n) is 25.4. The summed E-state index contributed by atoms with van der Waals surface area (Å²) in [6.07, 6.45) is 12.3. The number of nitrogens with zero attached hydrogens (tertiary/aromatic N) is 7. The van der Waals surface area contributed by atoms with Gasteiger partial charge in [-0.3, -0.25) is 14.5 Å². The molecule has 0 radical (unpaired) electrons. The molecule has 0 saturated heterocycles. The molecule has 3 heterocycles. The predicted molar refractivity (Wildman–Crippen MR) is 168 cm³/mol. The number of rotatable bonds is 12. The van der Waals surface area contributed by atoms with Crippen LogP contribution < -0.4 is 10.2 Å². The van der Waals surface area contributed by atoms with Crippen LogP contribution in [0.3, 0.4) is 0 Å². The number of hydrogen-bond acceptors (Lipinski definition) is 8. The molecule has 2 N–H and O–H groups in total. The summed E-state index contributed by atoms with van der Waals surface area (Å²) < 4.78 is 1.76. The number of benzene rings is 1. The predicted octanol–water partition coefficient (Wildman–Crippen LogP) is 4.41. The van der Waals surface area contributed by atoms with Gasteiger partial charge in [-0.2, -0.15) is 10.4 Å². The van der Waals surface area contributed by atoms with E-state index in [4.69, 9.17) is 9.97 Å². The minimum Gasteiger partial charge on any atom is -0.396 e. The van der Waals surface area contributed by atoms with E-state index >= 15 is 0 Å². The molecular weight excluding hydrogens is 552 g/mol. The molecular formula is C34H40N8O2. The highest BCUT2D eigenvalue weighted by Crippen LogP contribution is 2.39. The van der Waals surface area contributed by atoms with Crippen LogP contribution >= 0.6 is 0 Å². The van der Waals surface area contributed by atoms with Gasteiger partial charge in [0.05, 0.1) is 24.0 Å². The van der Waals surface area contributed by atoms with Crippen LogP contribution in [0.2, 0.25) is 0 Å². The Kier molecular flexibility index (Phi) is 10.3. The quantitative estimate of drug-likeness (QED) is 0.247. The number of aliphatic hydroxyl groups excluding tert-OH is 1. The number of aliphatic hydroxyl groups is 1. The second-order valence-corrected chi connectivity index (χ2v) is 11.7. The molecule has 1 unspecified atom stereocenters. The largest absolute Gasteiger partial charge is 0.396 e. The number of amides is 1. The van der Waals surface area contributed by atoms with Crippen molar-refractivity contribution >= 4 is 11.7 Å². The SMILES string of the molecule is CN(CCCO)c1nc(CC2CCC(C(C(=O)NCc3ccccc3)c3ccc(-c4cnn(C)c4)cn3)CC2)ncc1C#N. The van der Waals surface area contributed by atoms with Gasteiger partial charge < -0.3 is 15.3 Å². The number of nitrogens with one attached hydrogen (secondary N) is 1. The first kappa shape index (κ1) is 30.8. The Balaban J connectivity index is 1.28. The molecule has 4 aromatic rings. The molecule has 3 aromatic heterocycles. The summed E-state index contributed by atoms with van der Waals surface area (Å²) in [4.78, 5) is 29.7. The number of hydrogen-bond donors (Lipinski definition) is 2. The third kappa shape index (κ3) is 7.66. The van der Waals surface area contributed by atoms with Crippen LogP contribution in [-0.4, -0.2) is 55.9 Å². The van der Waals surface area contributed by atoms with E-state index in [1.807, 2.05) is 80.1 Å². The smallest absolute Gasteiger partial charge is 0.229 e. The average molecular weight is 593 g/mol. The number of nitriles is 1. The lowest BCUT2D eigenvalue weighted by Crippen LogP contribution is -2.35. The molecule has 1 aliphatic rings. The molecule has 10 nitrogen and oxygen atoms in total. The maximum absolute atomic E-state index is 13.8. The van der Waals surface area contributed by atoms with Crippen molar-refractivity contribution in [3.63, 3.8) is 0 Å². The zero-order valence-corrected chi connectivity index (χ0v) is 25.4. The van der Waals surface area contributed by atoms with Gasteiger partial charge in [-0.15, -0.1) is 0 Å². The molecule has 5 rings (SSSR count). The molecule has 0 spiro atoms. The van der Waals surface area contributed by atoms with E-state index in [2.05, 4.69) is 21.5 Å². The molecule has 44 heavy (non-hydrogen) atoms. The van der Waals surface area contributed by atoms with Gasteiger partial charge in [0.1, 0.15) is 23.3 Å². The molecule has 1 aliphatic carbocycles. The van der Waals surface area contributed by atoms with Crippen LogP contribution in [0.4, 0.5) is 5.82 Å². The highest BCUT2D eigenvalue weighted by molar-refractivity contribution is 5.83. The van der Waals surface area contributed by atoms with Crippen molar-refractivity contribution in [2.75, 3.05) is 25.1 Å². The Morgan fingerprint density at radius 2 is 1.89 bits per heavy atom. The molecule has 1 aromatic carbocycles. The van der Waals surface area contributed by atoms with Crippen LogP contribution in [0.1, 0.15) is 60.7 Å². The Labute approximate surface area is 258 Å². The Bertz CT molecular complexity index is 1560. The van der Waals surface area contributed by atoms with E-state index < -0.39 is 0 Å². The van der Waals surface area contributed by atoms with Crippen molar-refractivity contribution in [1.82, 2.24) is 30.0 Å². The van der Waals surface area contributed by atoms with Crippen molar-refractivity contribution in [3.05, 3.63) is 89.9 Å². The molecule has 1 atom stereocenters. The number of aryl methyl sites for hydroxylation is 1. The van der Waals surface area contributed by atoms with Gasteiger partial charge in [0.2, 0.25) is 5.91 Å². The summed E-state index contributed by atoms with van der Waals surface area (Å²) in [6, 6.07) is 16.2. The first-order valence-corrected chi connectivity index (χ1v) is 15.3. The third-order valence-corrected chi connectivity index (χ3v) is 8.52. The maximum Gasteiger partial charge on any atom is 0.229 e. The standard InChI is InChI=1S/C34H40N8O2/c1-41(15-6-16-43)33-28(18-35)21-37-31(40-33)17-24-9-11-26(12-10-24)32(34(44)38-19-25-7-4-3-5-8-25)30-14-13-27(20-36-30)29-22-39-42(2)23-29/h3-5,7-8,13-14,20-24,26,32,43H,6,9-12,15-17,19H2,1-2H3,(H,38,44). The number of carbonyl (C=O) groups excluding carboxylic acids is 1. The lowest BCUT2D eigenvalue weighted by Gasteiger charge is -2.33. The monoisotopic (exact) mass is 592 g/mol. The molecule has 1 amide bonds. The van der Waals surface area contributed by atoms with Crippen LogP contribution in [0.25, 0.3) is 11.1 Å². The zero-order chi connectivity index (χ0) is 30.9. The molecule has 1 fully saturated rings. The Hall–Kier alpha value is -4.62. The van der Waals surface area contributed by atoms with Gasteiger partial charge in [0, 0.05) is 63.7 Å². The molecule has 0 aliphatic heterocycles. The minimum atomic E-state index is -0.347. The number of pyridine rings is 1. The van der Waals surface area contributed by atoms with Crippen molar-refractivity contribution in [3.8, 4) is 17.2 Å². The van der Waals surface area contributed by atoms with Crippen molar-refractivity contribution < 1.29 is 9.90 Å². The third-order valence-electron chi connectivity index (χ3n) is 8.52. The van der Waals surface area contributed by atoms with E-state index in [0.717, 1.165) is 60.3 Å². The van der Waals surface area contributed by atoms with Gasteiger partial charge in [-0.25, -0.2) is 9.97 Å². The van der Waals surface area contributed by atoms with Gasteiger partial charge >= 0.3 is 0 Å². The summed E-state index contributed by atoms with van der Waals surface area (Å²) in [6.45, 7) is 1.17. The number of carbonyl (C=O) groups is 1. The maximum atomic E-state index is 13.8. The van der Waals surface area contributed by atoms with Gasteiger partial charge in [-0.05, 0) is 55.6 Å². The van der Waals surface area contributed by atoms with Crippen LogP contribution in [-0.2, 0) is 24.8 Å². The fourth-order valence-electron chi connectivity index (χ4n) is 6.09. The lowest BCUT2D eigenvalue weighted by molar-refractivity contribution is -0.124. The van der Waals surface area contributed by atoms with Crippen LogP contribution in [0, 0.1) is 23.2 Å². The van der Waals surface area contributed by atoms with Gasteiger partial charge in [0.25, 0.3) is 0 Å². The summed E-state index contributed by atoms with van der Waals surface area (Å²) >= 11 is 0. The normalized spacial score (nSPS) is 17.0.